The smallest absolute Gasteiger partial charge is 0.335 e. The molecule has 3 rings (SSSR count). The minimum absolute atomic E-state index is 0.266. The molecule has 1 N–H and O–H groups in total. The molecule has 23 heavy (non-hydrogen) atoms. The monoisotopic (exact) mass is 335 g/mol. The van der Waals surface area contributed by atoms with Crippen LogP contribution in [0.3, 0.4) is 0 Å². The van der Waals surface area contributed by atoms with Crippen LogP contribution in [0.25, 0.3) is 0 Å². The average molecular weight is 336 g/mol. The Morgan fingerprint density at radius 1 is 1.30 bits per heavy atom. The van der Waals surface area contributed by atoms with Crippen LogP contribution in [0.4, 0.5) is 5.95 Å². The fraction of sp³-hybridized carbons (Fsp3) is 0.400. The Morgan fingerprint density at radius 3 is 2.65 bits per heavy atom. The molecule has 0 spiro atoms. The Hall–Kier alpha value is -2.12. The second-order valence-electron chi connectivity index (χ2n) is 5.62. The van der Waals surface area contributed by atoms with Gasteiger partial charge in [-0.1, -0.05) is 11.6 Å². The van der Waals surface area contributed by atoms with Crippen LogP contribution in [0.5, 0.6) is 0 Å². The lowest BCUT2D eigenvalue weighted by Crippen LogP contribution is -2.46. The molecule has 1 aromatic heterocycles. The van der Waals surface area contributed by atoms with Gasteiger partial charge in [-0.3, -0.25) is 4.90 Å². The van der Waals surface area contributed by atoms with Crippen molar-refractivity contribution in [2.45, 2.75) is 6.54 Å². The van der Waals surface area contributed by atoms with Crippen LogP contribution in [0, 0.1) is 0 Å². The van der Waals surface area contributed by atoms with Gasteiger partial charge in [0, 0.05) is 44.8 Å². The van der Waals surface area contributed by atoms with Crippen LogP contribution in [-0.2, 0) is 13.6 Å². The number of benzene rings is 1. The molecule has 122 valence electrons. The van der Waals surface area contributed by atoms with Crippen LogP contribution in [0.15, 0.2) is 24.5 Å². The second-order valence-corrected chi connectivity index (χ2v) is 6.02. The van der Waals surface area contributed by atoms with Gasteiger partial charge in [0.15, 0.2) is 0 Å². The fourth-order valence-corrected chi connectivity index (χ4v) is 2.92. The molecule has 1 aliphatic rings. The normalized spacial score (nSPS) is 15.8. The van der Waals surface area contributed by atoms with E-state index in [-0.39, 0.29) is 5.56 Å². The van der Waals surface area contributed by atoms with E-state index < -0.39 is 5.97 Å². The molecule has 1 aliphatic heterocycles. The third-order valence-corrected chi connectivity index (χ3v) is 4.40. The van der Waals surface area contributed by atoms with Crippen molar-refractivity contribution in [2.24, 2.45) is 7.05 Å². The number of aryl methyl sites for hydroxylation is 1. The number of carboxylic acid groups (broad SMARTS) is 1. The number of hydrogen-bond donors (Lipinski definition) is 1. The molecule has 0 amide bonds. The summed E-state index contributed by atoms with van der Waals surface area (Å²) < 4.78 is 1.91. The average Bonchev–Trinajstić information content (AvgIpc) is 2.96. The van der Waals surface area contributed by atoms with E-state index in [9.17, 15) is 4.79 Å². The Morgan fingerprint density at radius 2 is 2.04 bits per heavy atom. The fourth-order valence-electron chi connectivity index (χ4n) is 2.74. The number of nitrogens with zero attached hydrogens (tertiary/aromatic N) is 5. The van der Waals surface area contributed by atoms with E-state index in [0.29, 0.717) is 11.6 Å². The van der Waals surface area contributed by atoms with Gasteiger partial charge in [0.25, 0.3) is 0 Å². The van der Waals surface area contributed by atoms with Crippen molar-refractivity contribution in [3.63, 3.8) is 0 Å². The number of anilines is 1. The molecule has 8 heteroatoms. The summed E-state index contributed by atoms with van der Waals surface area (Å²) in [4.78, 5) is 15.5. The van der Waals surface area contributed by atoms with E-state index >= 15 is 0 Å². The highest BCUT2D eigenvalue weighted by atomic mass is 35.5. The van der Waals surface area contributed by atoms with Gasteiger partial charge < -0.3 is 14.6 Å². The number of carbonyl (C=O) groups is 1. The first-order chi connectivity index (χ1) is 11.0. The third kappa shape index (κ3) is 3.46. The molecule has 7 nitrogen and oxygen atoms in total. The summed E-state index contributed by atoms with van der Waals surface area (Å²) in [6.45, 7) is 4.07. The van der Waals surface area contributed by atoms with Gasteiger partial charge >= 0.3 is 5.97 Å². The van der Waals surface area contributed by atoms with E-state index in [4.69, 9.17) is 16.7 Å². The zero-order chi connectivity index (χ0) is 16.4. The SMILES string of the molecule is Cn1cnnc1N1CCN(Cc2cc(C(=O)O)ccc2Cl)CC1. The number of aromatic carboxylic acids is 1. The zero-order valence-electron chi connectivity index (χ0n) is 12.8. The number of carboxylic acids is 1. The van der Waals surface area contributed by atoms with E-state index in [1.165, 1.54) is 6.07 Å². The summed E-state index contributed by atoms with van der Waals surface area (Å²) >= 11 is 6.20. The molecule has 0 saturated carbocycles. The molecule has 1 aromatic carbocycles. The Kier molecular flexibility index (Phi) is 4.49. The van der Waals surface area contributed by atoms with Crippen molar-refractivity contribution in [3.05, 3.63) is 40.7 Å². The summed E-state index contributed by atoms with van der Waals surface area (Å²) in [7, 11) is 1.93. The van der Waals surface area contributed by atoms with E-state index in [1.807, 2.05) is 11.6 Å². The Labute approximate surface area is 139 Å². The molecule has 0 aliphatic carbocycles. The first kappa shape index (κ1) is 15.8. The highest BCUT2D eigenvalue weighted by Crippen LogP contribution is 2.21. The van der Waals surface area contributed by atoms with Crippen LogP contribution < -0.4 is 4.90 Å². The predicted octanol–water partition coefficient (Wildman–Crippen LogP) is 1.49. The lowest BCUT2D eigenvalue weighted by atomic mass is 10.1. The molecular weight excluding hydrogens is 318 g/mol. The summed E-state index contributed by atoms with van der Waals surface area (Å²) in [5.74, 6) is -0.0643. The number of aromatic nitrogens is 3. The minimum Gasteiger partial charge on any atom is -0.478 e. The van der Waals surface area contributed by atoms with Gasteiger partial charge in [-0.2, -0.15) is 0 Å². The van der Waals surface area contributed by atoms with Crippen molar-refractivity contribution in [1.29, 1.82) is 0 Å². The van der Waals surface area contributed by atoms with Gasteiger partial charge in [-0.15, -0.1) is 10.2 Å². The molecule has 0 unspecified atom stereocenters. The maximum Gasteiger partial charge on any atom is 0.335 e. The van der Waals surface area contributed by atoms with Crippen LogP contribution in [0.2, 0.25) is 5.02 Å². The lowest BCUT2D eigenvalue weighted by molar-refractivity contribution is 0.0696. The van der Waals surface area contributed by atoms with Crippen molar-refractivity contribution >= 4 is 23.5 Å². The topological polar surface area (TPSA) is 74.5 Å². The van der Waals surface area contributed by atoms with Crippen molar-refractivity contribution in [3.8, 4) is 0 Å². The lowest BCUT2D eigenvalue weighted by Gasteiger charge is -2.35. The standard InChI is InChI=1S/C15H18ClN5O2/c1-19-10-17-18-15(19)21-6-4-20(5-7-21)9-12-8-11(14(22)23)2-3-13(12)16/h2-3,8,10H,4-7,9H2,1H3,(H,22,23). The molecular formula is C15H18ClN5O2. The van der Waals surface area contributed by atoms with Gasteiger partial charge in [0.2, 0.25) is 5.95 Å². The Bertz CT molecular complexity index is 710. The highest BCUT2D eigenvalue weighted by Gasteiger charge is 2.21. The number of hydrogen-bond acceptors (Lipinski definition) is 5. The number of piperazine rings is 1. The minimum atomic E-state index is -0.935. The largest absolute Gasteiger partial charge is 0.478 e. The molecule has 0 atom stereocenters. The van der Waals surface area contributed by atoms with Crippen molar-refractivity contribution < 1.29 is 9.90 Å². The number of halogens is 1. The first-order valence-electron chi connectivity index (χ1n) is 7.37. The number of rotatable bonds is 4. The third-order valence-electron chi connectivity index (χ3n) is 4.03. The van der Waals surface area contributed by atoms with Gasteiger partial charge in [0.05, 0.1) is 5.56 Å². The summed E-state index contributed by atoms with van der Waals surface area (Å²) in [5, 5.41) is 17.7. The van der Waals surface area contributed by atoms with E-state index in [0.717, 1.165) is 37.7 Å². The van der Waals surface area contributed by atoms with Crippen LogP contribution in [-0.4, -0.2) is 56.9 Å². The van der Waals surface area contributed by atoms with E-state index in [2.05, 4.69) is 20.0 Å². The van der Waals surface area contributed by atoms with Crippen LogP contribution in [0.1, 0.15) is 15.9 Å². The molecule has 0 radical (unpaired) electrons. The molecule has 2 aromatic rings. The second kappa shape index (κ2) is 6.55. The summed E-state index contributed by atoms with van der Waals surface area (Å²) in [5.41, 5.74) is 1.11. The van der Waals surface area contributed by atoms with Gasteiger partial charge in [0.1, 0.15) is 6.33 Å². The van der Waals surface area contributed by atoms with Crippen molar-refractivity contribution in [2.75, 3.05) is 31.1 Å². The van der Waals surface area contributed by atoms with Gasteiger partial charge in [-0.05, 0) is 23.8 Å². The molecule has 1 saturated heterocycles. The van der Waals surface area contributed by atoms with Crippen LogP contribution >= 0.6 is 11.6 Å². The van der Waals surface area contributed by atoms with Gasteiger partial charge in [-0.25, -0.2) is 4.79 Å². The molecule has 0 bridgehead atoms. The van der Waals surface area contributed by atoms with E-state index in [1.54, 1.807) is 18.5 Å². The quantitative estimate of drug-likeness (QED) is 0.912. The molecule has 2 heterocycles. The summed E-state index contributed by atoms with van der Waals surface area (Å²) in [6.07, 6.45) is 1.69. The maximum absolute atomic E-state index is 11.1. The predicted molar refractivity (Wildman–Crippen MR) is 86.9 cm³/mol. The Balaban J connectivity index is 1.64. The van der Waals surface area contributed by atoms with Crippen molar-refractivity contribution in [1.82, 2.24) is 19.7 Å². The molecule has 1 fully saturated rings. The summed E-state index contributed by atoms with van der Waals surface area (Å²) in [6, 6.07) is 4.83. The highest BCUT2D eigenvalue weighted by molar-refractivity contribution is 6.31. The zero-order valence-corrected chi connectivity index (χ0v) is 13.6. The maximum atomic E-state index is 11.1. The first-order valence-corrected chi connectivity index (χ1v) is 7.75.